The van der Waals surface area contributed by atoms with Gasteiger partial charge < -0.3 is 9.80 Å². The average molecular weight is 656 g/mol. The summed E-state index contributed by atoms with van der Waals surface area (Å²) >= 11 is 7.67. The summed E-state index contributed by atoms with van der Waals surface area (Å²) < 4.78 is 40.9. The highest BCUT2D eigenvalue weighted by Crippen LogP contribution is 2.40. The fourth-order valence-corrected chi connectivity index (χ4v) is 7.27. The molecule has 0 saturated carbocycles. The molecule has 1 saturated heterocycles. The van der Waals surface area contributed by atoms with E-state index in [1.165, 1.54) is 22.3 Å². The van der Waals surface area contributed by atoms with Crippen molar-refractivity contribution < 1.29 is 27.2 Å². The van der Waals surface area contributed by atoms with Crippen molar-refractivity contribution in [1.82, 2.24) is 14.5 Å². The van der Waals surface area contributed by atoms with Crippen molar-refractivity contribution >= 4 is 60.8 Å². The maximum absolute atomic E-state index is 15.0. The Hall–Kier alpha value is -3.80. The van der Waals surface area contributed by atoms with Crippen LogP contribution >= 0.6 is 22.9 Å². The molecule has 2 heterocycles. The minimum atomic E-state index is -3.73. The fraction of sp³-hybridized carbons (Fsp3) is 0.281. The third-order valence-electron chi connectivity index (χ3n) is 7.74. The molecule has 0 bridgehead atoms. The molecule has 3 aromatic carbocycles. The minimum Gasteiger partial charge on any atom is -0.336 e. The summed E-state index contributed by atoms with van der Waals surface area (Å²) in [6.07, 6.45) is 1.19. The van der Waals surface area contributed by atoms with Crippen LogP contribution in [0.3, 0.4) is 0 Å². The van der Waals surface area contributed by atoms with Gasteiger partial charge in [-0.15, -0.1) is 11.3 Å². The van der Waals surface area contributed by atoms with Gasteiger partial charge in [0.15, 0.2) is 0 Å². The zero-order valence-electron chi connectivity index (χ0n) is 24.0. The van der Waals surface area contributed by atoms with Gasteiger partial charge in [0.25, 0.3) is 5.91 Å². The SMILES string of the molecule is CS(=O)(=O)NC(=O)CCCN(Cc1cccc(Cl)c1)C(=O)C1(Cc2ccccc2F)CCN1C(=O)c1csc2ccccc12. The van der Waals surface area contributed by atoms with Crippen LogP contribution in [0.4, 0.5) is 4.39 Å². The molecule has 0 spiro atoms. The summed E-state index contributed by atoms with van der Waals surface area (Å²) in [7, 11) is -3.73. The molecule has 8 nitrogen and oxygen atoms in total. The van der Waals surface area contributed by atoms with Crippen molar-refractivity contribution in [3.63, 3.8) is 0 Å². The Morgan fingerprint density at radius 1 is 1.07 bits per heavy atom. The summed E-state index contributed by atoms with van der Waals surface area (Å²) in [5, 5.41) is 3.05. The summed E-state index contributed by atoms with van der Waals surface area (Å²) in [5.41, 5.74) is 0.141. The van der Waals surface area contributed by atoms with E-state index in [2.05, 4.69) is 0 Å². The molecule has 3 amide bonds. The van der Waals surface area contributed by atoms with Crippen molar-refractivity contribution in [1.29, 1.82) is 0 Å². The number of carbonyl (C=O) groups excluding carboxylic acids is 3. The van der Waals surface area contributed by atoms with Gasteiger partial charge in [-0.05, 0) is 48.2 Å². The van der Waals surface area contributed by atoms with Crippen molar-refractivity contribution in [3.8, 4) is 0 Å². The van der Waals surface area contributed by atoms with Gasteiger partial charge in [0.05, 0.1) is 11.8 Å². The predicted octanol–water partition coefficient (Wildman–Crippen LogP) is 5.41. The highest BCUT2D eigenvalue weighted by molar-refractivity contribution is 7.89. The molecule has 1 unspecified atom stereocenters. The normalized spacial score (nSPS) is 16.4. The molecule has 12 heteroatoms. The standard InChI is InChI=1S/C32H31ClFN3O5S2/c1-44(41,42)35-29(38)14-7-16-36(20-22-8-6-10-24(33)18-22)31(40)32(19-23-9-2-4-12-27(23)34)15-17-37(32)30(39)26-21-43-28-13-5-3-11-25(26)28/h2-6,8-13,18,21H,7,14-17,19-20H2,1H3,(H,35,38). The molecule has 1 atom stereocenters. The van der Waals surface area contributed by atoms with E-state index in [0.717, 1.165) is 21.9 Å². The van der Waals surface area contributed by atoms with Crippen LogP contribution in [-0.4, -0.2) is 60.8 Å². The highest BCUT2D eigenvalue weighted by atomic mass is 35.5. The lowest BCUT2D eigenvalue weighted by atomic mass is 9.77. The van der Waals surface area contributed by atoms with Crippen LogP contribution in [0.5, 0.6) is 0 Å². The summed E-state index contributed by atoms with van der Waals surface area (Å²) in [4.78, 5) is 44.1. The van der Waals surface area contributed by atoms with E-state index in [9.17, 15) is 22.8 Å². The Bertz CT molecular complexity index is 1830. The first kappa shape index (κ1) is 31.6. The number of benzene rings is 3. The number of thiophene rings is 1. The van der Waals surface area contributed by atoms with Crippen LogP contribution < -0.4 is 4.72 Å². The minimum absolute atomic E-state index is 0.0348. The Kier molecular flexibility index (Phi) is 9.38. The number of fused-ring (bicyclic) bond motifs is 1. The van der Waals surface area contributed by atoms with Gasteiger partial charge in [-0.3, -0.25) is 19.1 Å². The lowest BCUT2D eigenvalue weighted by Gasteiger charge is -2.53. The Morgan fingerprint density at radius 3 is 2.52 bits per heavy atom. The zero-order chi connectivity index (χ0) is 31.5. The molecule has 5 rings (SSSR count). The summed E-state index contributed by atoms with van der Waals surface area (Å²) in [5.74, 6) is -1.86. The smallest absolute Gasteiger partial charge is 0.256 e. The molecule has 1 fully saturated rings. The first-order chi connectivity index (χ1) is 21.0. The number of hydrogen-bond acceptors (Lipinski definition) is 6. The van der Waals surface area contributed by atoms with E-state index >= 15 is 4.39 Å². The quantitative estimate of drug-likeness (QED) is 0.233. The molecular weight excluding hydrogens is 625 g/mol. The second kappa shape index (κ2) is 13.1. The number of sulfonamides is 1. The lowest BCUT2D eigenvalue weighted by Crippen LogP contribution is -2.70. The maximum atomic E-state index is 15.0. The molecule has 0 aliphatic carbocycles. The van der Waals surface area contributed by atoms with Gasteiger partial charge in [-0.25, -0.2) is 12.8 Å². The van der Waals surface area contributed by atoms with Crippen LogP contribution in [0.1, 0.15) is 40.7 Å². The topological polar surface area (TPSA) is 104 Å². The third kappa shape index (κ3) is 6.95. The second-order valence-corrected chi connectivity index (χ2v) is 14.0. The number of nitrogens with zero attached hydrogens (tertiary/aromatic N) is 2. The van der Waals surface area contributed by atoms with Gasteiger partial charge in [-0.2, -0.15) is 0 Å². The van der Waals surface area contributed by atoms with E-state index in [1.54, 1.807) is 46.7 Å². The Balaban J connectivity index is 1.50. The molecule has 1 N–H and O–H groups in total. The number of halogens is 2. The first-order valence-corrected chi connectivity index (χ1v) is 17.2. The molecule has 0 radical (unpaired) electrons. The molecule has 1 aromatic heterocycles. The lowest BCUT2D eigenvalue weighted by molar-refractivity contribution is -0.151. The molecular formula is C32H31ClFN3O5S2. The van der Waals surface area contributed by atoms with Crippen LogP contribution in [0.15, 0.2) is 78.2 Å². The third-order valence-corrected chi connectivity index (χ3v) is 9.54. The first-order valence-electron chi connectivity index (χ1n) is 14.0. The largest absolute Gasteiger partial charge is 0.336 e. The van der Waals surface area contributed by atoms with E-state index in [0.29, 0.717) is 29.1 Å². The van der Waals surface area contributed by atoms with E-state index in [4.69, 9.17) is 11.6 Å². The average Bonchev–Trinajstić information content (AvgIpc) is 3.39. The van der Waals surface area contributed by atoms with Gasteiger partial charge in [0.2, 0.25) is 21.8 Å². The fourth-order valence-electron chi connectivity index (χ4n) is 5.61. The summed E-state index contributed by atoms with van der Waals surface area (Å²) in [6.45, 7) is 0.519. The van der Waals surface area contributed by atoms with E-state index in [-0.39, 0.29) is 44.2 Å². The number of nitrogens with one attached hydrogen (secondary N) is 1. The Labute approximate surface area is 264 Å². The Morgan fingerprint density at radius 2 is 1.82 bits per heavy atom. The van der Waals surface area contributed by atoms with Crippen molar-refractivity contribution in [2.24, 2.45) is 0 Å². The van der Waals surface area contributed by atoms with Crippen LogP contribution in [0.2, 0.25) is 5.02 Å². The molecule has 1 aliphatic rings. The molecule has 44 heavy (non-hydrogen) atoms. The van der Waals surface area contributed by atoms with Gasteiger partial charge in [0.1, 0.15) is 11.4 Å². The number of amides is 3. The van der Waals surface area contributed by atoms with Crippen LogP contribution in [-0.2, 0) is 32.6 Å². The number of carbonyl (C=O) groups is 3. The zero-order valence-corrected chi connectivity index (χ0v) is 26.4. The van der Waals surface area contributed by atoms with Crippen molar-refractivity contribution in [3.05, 3.63) is 106 Å². The van der Waals surface area contributed by atoms with E-state index < -0.39 is 27.3 Å². The number of rotatable bonds is 11. The number of hydrogen-bond donors (Lipinski definition) is 1. The van der Waals surface area contributed by atoms with Gasteiger partial charge in [-0.1, -0.05) is 60.1 Å². The molecule has 230 valence electrons. The van der Waals surface area contributed by atoms with Crippen LogP contribution in [0, 0.1) is 5.82 Å². The summed E-state index contributed by atoms with van der Waals surface area (Å²) in [6, 6.07) is 20.8. The molecule has 1 aliphatic heterocycles. The highest BCUT2D eigenvalue weighted by Gasteiger charge is 2.55. The van der Waals surface area contributed by atoms with Crippen molar-refractivity contribution in [2.45, 2.75) is 37.8 Å². The van der Waals surface area contributed by atoms with Gasteiger partial charge >= 0.3 is 0 Å². The van der Waals surface area contributed by atoms with Gasteiger partial charge in [0, 0.05) is 53.0 Å². The van der Waals surface area contributed by atoms with E-state index in [1.807, 2.05) is 35.1 Å². The van der Waals surface area contributed by atoms with Crippen molar-refractivity contribution in [2.75, 3.05) is 19.3 Å². The predicted molar refractivity (Wildman–Crippen MR) is 169 cm³/mol. The number of likely N-dealkylation sites (tertiary alicyclic amines) is 1. The second-order valence-electron chi connectivity index (χ2n) is 10.9. The molecule has 4 aromatic rings. The monoisotopic (exact) mass is 655 g/mol. The maximum Gasteiger partial charge on any atom is 0.256 e. The van der Waals surface area contributed by atoms with Crippen LogP contribution in [0.25, 0.3) is 10.1 Å².